The number of carbonyl (C=O) groups is 1. The second-order valence-corrected chi connectivity index (χ2v) is 4.88. The molecule has 2 heterocycles. The number of carbonyl (C=O) groups excluding carboxylic acids is 1. The number of hydrogen-bond acceptors (Lipinski definition) is 4. The van der Waals surface area contributed by atoms with Gasteiger partial charge in [-0.05, 0) is 19.8 Å². The van der Waals surface area contributed by atoms with E-state index < -0.39 is 0 Å². The summed E-state index contributed by atoms with van der Waals surface area (Å²) in [6.07, 6.45) is 1.40. The largest absolute Gasteiger partial charge is 0.394 e. The molecule has 2 aliphatic rings. The highest BCUT2D eigenvalue weighted by Gasteiger charge is 2.32. The molecular weight excluding hydrogens is 222 g/mol. The molecule has 0 aromatic rings. The van der Waals surface area contributed by atoms with Gasteiger partial charge in [-0.3, -0.25) is 4.79 Å². The maximum absolute atomic E-state index is 12.3. The maximum Gasteiger partial charge on any atom is 0.226 e. The van der Waals surface area contributed by atoms with E-state index in [1.54, 1.807) is 0 Å². The van der Waals surface area contributed by atoms with E-state index in [1.165, 1.54) is 0 Å². The van der Waals surface area contributed by atoms with Crippen molar-refractivity contribution in [1.29, 1.82) is 0 Å². The van der Waals surface area contributed by atoms with Gasteiger partial charge in [-0.2, -0.15) is 0 Å². The molecule has 0 radical (unpaired) electrons. The Morgan fingerprint density at radius 3 is 2.71 bits per heavy atom. The molecule has 0 aromatic carbocycles. The molecule has 5 nitrogen and oxygen atoms in total. The summed E-state index contributed by atoms with van der Waals surface area (Å²) in [5.41, 5.74) is 0. The number of aliphatic hydroxyl groups is 1. The third kappa shape index (κ3) is 3.18. The SMILES string of the molecule is CC1CN(C(=O)C2CCOCC2)CC(CO)O1. The van der Waals surface area contributed by atoms with E-state index in [9.17, 15) is 4.79 Å². The van der Waals surface area contributed by atoms with Gasteiger partial charge in [0.15, 0.2) is 0 Å². The van der Waals surface area contributed by atoms with Gasteiger partial charge in [-0.15, -0.1) is 0 Å². The number of aliphatic hydroxyl groups excluding tert-OH is 1. The third-order valence-electron chi connectivity index (χ3n) is 3.41. The number of ether oxygens (including phenoxy) is 2. The number of hydrogen-bond donors (Lipinski definition) is 1. The molecule has 98 valence electrons. The minimum atomic E-state index is -0.234. The average Bonchev–Trinajstić information content (AvgIpc) is 2.38. The monoisotopic (exact) mass is 243 g/mol. The third-order valence-corrected chi connectivity index (χ3v) is 3.41. The second kappa shape index (κ2) is 5.80. The Bertz CT molecular complexity index is 265. The average molecular weight is 243 g/mol. The van der Waals surface area contributed by atoms with Gasteiger partial charge >= 0.3 is 0 Å². The zero-order valence-corrected chi connectivity index (χ0v) is 10.3. The van der Waals surface area contributed by atoms with Crippen molar-refractivity contribution in [2.75, 3.05) is 32.9 Å². The molecule has 5 heteroatoms. The summed E-state index contributed by atoms with van der Waals surface area (Å²) in [5, 5.41) is 9.14. The first-order chi connectivity index (χ1) is 8.20. The minimum absolute atomic E-state index is 0.00434. The van der Waals surface area contributed by atoms with E-state index in [1.807, 2.05) is 11.8 Å². The fraction of sp³-hybridized carbons (Fsp3) is 0.917. The molecule has 2 saturated heterocycles. The van der Waals surface area contributed by atoms with Crippen molar-refractivity contribution in [3.05, 3.63) is 0 Å². The molecule has 0 aliphatic carbocycles. The fourth-order valence-electron chi connectivity index (χ4n) is 2.53. The molecule has 2 rings (SSSR count). The Hall–Kier alpha value is -0.650. The Kier molecular flexibility index (Phi) is 4.36. The summed E-state index contributed by atoms with van der Waals surface area (Å²) >= 11 is 0. The van der Waals surface area contributed by atoms with Gasteiger partial charge in [0.05, 0.1) is 18.8 Å². The lowest BCUT2D eigenvalue weighted by atomic mass is 9.98. The molecule has 2 unspecified atom stereocenters. The van der Waals surface area contributed by atoms with Gasteiger partial charge in [-0.25, -0.2) is 0 Å². The van der Waals surface area contributed by atoms with Crippen LogP contribution in [0.2, 0.25) is 0 Å². The molecule has 1 N–H and O–H groups in total. The van der Waals surface area contributed by atoms with E-state index in [0.29, 0.717) is 26.3 Å². The summed E-state index contributed by atoms with van der Waals surface area (Å²) in [7, 11) is 0. The summed E-state index contributed by atoms with van der Waals surface area (Å²) < 4.78 is 10.8. The van der Waals surface area contributed by atoms with Crippen LogP contribution in [0.4, 0.5) is 0 Å². The Labute approximate surface area is 102 Å². The van der Waals surface area contributed by atoms with Crippen LogP contribution in [-0.2, 0) is 14.3 Å². The highest BCUT2D eigenvalue weighted by atomic mass is 16.5. The van der Waals surface area contributed by atoms with Gasteiger partial charge in [0.1, 0.15) is 0 Å². The molecule has 2 atom stereocenters. The van der Waals surface area contributed by atoms with Gasteiger partial charge < -0.3 is 19.5 Å². The zero-order valence-electron chi connectivity index (χ0n) is 10.3. The summed E-state index contributed by atoms with van der Waals surface area (Å²) in [4.78, 5) is 14.1. The van der Waals surface area contributed by atoms with E-state index in [-0.39, 0.29) is 30.6 Å². The highest BCUT2D eigenvalue weighted by Crippen LogP contribution is 2.20. The van der Waals surface area contributed by atoms with Crippen molar-refractivity contribution in [1.82, 2.24) is 4.90 Å². The predicted molar refractivity (Wildman–Crippen MR) is 61.5 cm³/mol. The van der Waals surface area contributed by atoms with Crippen molar-refractivity contribution < 1.29 is 19.4 Å². The van der Waals surface area contributed by atoms with E-state index in [0.717, 1.165) is 12.8 Å². The van der Waals surface area contributed by atoms with Crippen molar-refractivity contribution in [3.8, 4) is 0 Å². The summed E-state index contributed by atoms with van der Waals surface area (Å²) in [6, 6.07) is 0. The standard InChI is InChI=1S/C12H21NO4/c1-9-6-13(7-11(8-14)17-9)12(15)10-2-4-16-5-3-10/h9-11,14H,2-8H2,1H3. The Morgan fingerprint density at radius 1 is 1.35 bits per heavy atom. The van der Waals surface area contributed by atoms with E-state index >= 15 is 0 Å². The molecule has 0 aromatic heterocycles. The smallest absolute Gasteiger partial charge is 0.226 e. The number of rotatable bonds is 2. The van der Waals surface area contributed by atoms with Crippen molar-refractivity contribution in [2.45, 2.75) is 32.0 Å². The zero-order chi connectivity index (χ0) is 12.3. The predicted octanol–water partition coefficient (Wildman–Crippen LogP) is 0.0212. The van der Waals surface area contributed by atoms with Crippen LogP contribution in [0.1, 0.15) is 19.8 Å². The highest BCUT2D eigenvalue weighted by molar-refractivity contribution is 5.79. The van der Waals surface area contributed by atoms with Crippen LogP contribution in [0.5, 0.6) is 0 Å². The molecular formula is C12H21NO4. The first-order valence-corrected chi connectivity index (χ1v) is 6.33. The van der Waals surface area contributed by atoms with Crippen LogP contribution in [-0.4, -0.2) is 61.0 Å². The van der Waals surface area contributed by atoms with Gasteiger partial charge in [-0.1, -0.05) is 0 Å². The van der Waals surface area contributed by atoms with Crippen LogP contribution >= 0.6 is 0 Å². The van der Waals surface area contributed by atoms with Crippen LogP contribution < -0.4 is 0 Å². The quantitative estimate of drug-likeness (QED) is 0.743. The molecule has 2 aliphatic heterocycles. The number of morpholine rings is 1. The molecule has 1 amide bonds. The van der Waals surface area contributed by atoms with Gasteiger partial charge in [0.25, 0.3) is 0 Å². The Morgan fingerprint density at radius 2 is 2.06 bits per heavy atom. The second-order valence-electron chi connectivity index (χ2n) is 4.88. The number of nitrogens with zero attached hydrogens (tertiary/aromatic N) is 1. The first-order valence-electron chi connectivity index (χ1n) is 6.33. The van der Waals surface area contributed by atoms with E-state index in [2.05, 4.69) is 0 Å². The topological polar surface area (TPSA) is 59.0 Å². The van der Waals surface area contributed by atoms with Crippen LogP contribution in [0.15, 0.2) is 0 Å². The van der Waals surface area contributed by atoms with Crippen molar-refractivity contribution in [2.24, 2.45) is 5.92 Å². The van der Waals surface area contributed by atoms with Crippen molar-refractivity contribution >= 4 is 5.91 Å². The van der Waals surface area contributed by atoms with Gasteiger partial charge in [0.2, 0.25) is 5.91 Å². The first kappa shape index (κ1) is 12.8. The fourth-order valence-corrected chi connectivity index (χ4v) is 2.53. The van der Waals surface area contributed by atoms with Crippen LogP contribution in [0, 0.1) is 5.92 Å². The lowest BCUT2D eigenvalue weighted by Gasteiger charge is -2.38. The normalized spacial score (nSPS) is 31.5. The molecule has 0 spiro atoms. The summed E-state index contributed by atoms with van der Waals surface area (Å²) in [5.74, 6) is 0.287. The minimum Gasteiger partial charge on any atom is -0.394 e. The van der Waals surface area contributed by atoms with Crippen LogP contribution in [0.3, 0.4) is 0 Å². The summed E-state index contributed by atoms with van der Waals surface area (Å²) in [6.45, 7) is 4.41. The molecule has 0 bridgehead atoms. The molecule has 17 heavy (non-hydrogen) atoms. The maximum atomic E-state index is 12.3. The van der Waals surface area contributed by atoms with Gasteiger partial charge in [0, 0.05) is 32.2 Å². The lowest BCUT2D eigenvalue weighted by Crippen LogP contribution is -2.52. The van der Waals surface area contributed by atoms with E-state index in [4.69, 9.17) is 14.6 Å². The van der Waals surface area contributed by atoms with Crippen LogP contribution in [0.25, 0.3) is 0 Å². The van der Waals surface area contributed by atoms with Crippen molar-refractivity contribution in [3.63, 3.8) is 0 Å². The molecule has 2 fully saturated rings. The Balaban J connectivity index is 1.93. The molecule has 0 saturated carbocycles. The lowest BCUT2D eigenvalue weighted by molar-refractivity contribution is -0.153. The number of amides is 1.